The van der Waals surface area contributed by atoms with Crippen LogP contribution in [-0.2, 0) is 21.7 Å². The summed E-state index contributed by atoms with van der Waals surface area (Å²) >= 11 is 0. The van der Waals surface area contributed by atoms with Crippen LogP contribution in [0, 0.1) is 12.2 Å². The minimum atomic E-state index is 0. The Morgan fingerprint density at radius 2 is 1.37 bits per heavy atom. The number of hydrogen-bond donors (Lipinski definition) is 0. The molecule has 143 valence electrons. The van der Waals surface area contributed by atoms with E-state index in [2.05, 4.69) is 66.3 Å². The van der Waals surface area contributed by atoms with E-state index >= 15 is 0 Å². The summed E-state index contributed by atoms with van der Waals surface area (Å²) in [5.74, 6) is 0. The van der Waals surface area contributed by atoms with Crippen LogP contribution in [0.1, 0.15) is 12.8 Å². The second-order valence-corrected chi connectivity index (χ2v) is 6.73. The van der Waals surface area contributed by atoms with E-state index < -0.39 is 0 Å². The first kappa shape index (κ1) is 30.8. The number of allylic oxidation sites excluding steroid dienone is 8. The van der Waals surface area contributed by atoms with Crippen LogP contribution < -0.4 is 5.19 Å². The zero-order chi connectivity index (χ0) is 17.3. The molecule has 0 fully saturated rings. The predicted octanol–water partition coefficient (Wildman–Crippen LogP) is 4.79. The van der Waals surface area contributed by atoms with Gasteiger partial charge < -0.3 is 4.57 Å². The van der Waals surface area contributed by atoms with Crippen LogP contribution in [0.5, 0.6) is 0 Å². The van der Waals surface area contributed by atoms with Crippen LogP contribution in [0.4, 0.5) is 0 Å². The van der Waals surface area contributed by atoms with Gasteiger partial charge in [-0.1, -0.05) is 42.5 Å². The Hall–Kier alpha value is -0.869. The molecule has 5 heteroatoms. The molecule has 0 aliphatic heterocycles. The van der Waals surface area contributed by atoms with Crippen LogP contribution in [0.15, 0.2) is 92.1 Å². The fourth-order valence-electron chi connectivity index (χ4n) is 1.94. The first-order valence-electron chi connectivity index (χ1n) is 8.16. The van der Waals surface area contributed by atoms with Crippen LogP contribution in [0.25, 0.3) is 0 Å². The van der Waals surface area contributed by atoms with Gasteiger partial charge in [-0.2, -0.15) is 12.2 Å². The molecule has 0 N–H and O–H groups in total. The Morgan fingerprint density at radius 1 is 0.889 bits per heavy atom. The molecule has 2 aliphatic carbocycles. The van der Waals surface area contributed by atoms with Crippen molar-refractivity contribution in [2.75, 3.05) is 13.1 Å². The third kappa shape index (κ3) is 18.3. The molecule has 0 unspecified atom stereocenters. The molecule has 1 radical (unpaired) electrons. The van der Waals surface area contributed by atoms with Gasteiger partial charge in [0.2, 0.25) is 0 Å². The average molecular weight is 453 g/mol. The van der Waals surface area contributed by atoms with E-state index in [9.17, 15) is 0 Å². The van der Waals surface area contributed by atoms with Crippen molar-refractivity contribution in [3.8, 4) is 0 Å². The number of rotatable bonds is 6. The molecule has 1 aromatic rings. The summed E-state index contributed by atoms with van der Waals surface area (Å²) in [4.78, 5) is 0. The molecule has 27 heavy (non-hydrogen) atoms. The van der Waals surface area contributed by atoms with Crippen molar-refractivity contribution in [1.82, 2.24) is 4.57 Å². The fourth-order valence-corrected chi connectivity index (χ4v) is 3.27. The maximum Gasteiger partial charge on any atom is 2.00 e. The summed E-state index contributed by atoms with van der Waals surface area (Å²) in [5.41, 5.74) is 0. The van der Waals surface area contributed by atoms with E-state index in [0.717, 1.165) is 25.9 Å². The van der Waals surface area contributed by atoms with Crippen molar-refractivity contribution in [3.63, 3.8) is 0 Å². The van der Waals surface area contributed by atoms with Gasteiger partial charge >= 0.3 is 21.7 Å². The summed E-state index contributed by atoms with van der Waals surface area (Å²) in [5, 5.41) is 1.41. The van der Waals surface area contributed by atoms with Crippen molar-refractivity contribution in [2.45, 2.75) is 12.8 Å². The Kier molecular flexibility index (Phi) is 26.5. The Morgan fingerprint density at radius 3 is 1.67 bits per heavy atom. The second-order valence-electron chi connectivity index (χ2n) is 5.08. The van der Waals surface area contributed by atoms with Crippen LogP contribution >= 0.6 is 24.8 Å². The molecule has 0 bridgehead atoms. The van der Waals surface area contributed by atoms with E-state index in [1.807, 2.05) is 42.5 Å². The van der Waals surface area contributed by atoms with Gasteiger partial charge in [0.1, 0.15) is 0 Å². The van der Waals surface area contributed by atoms with Crippen molar-refractivity contribution in [2.24, 2.45) is 0 Å². The van der Waals surface area contributed by atoms with Crippen LogP contribution in [-0.4, -0.2) is 27.3 Å². The van der Waals surface area contributed by atoms with E-state index in [0.29, 0.717) is 0 Å². The zero-order valence-corrected chi connectivity index (χ0v) is 19.9. The third-order valence-electron chi connectivity index (χ3n) is 3.03. The van der Waals surface area contributed by atoms with Gasteiger partial charge in [-0.3, -0.25) is 12.2 Å². The van der Waals surface area contributed by atoms with Gasteiger partial charge in [-0.15, -0.1) is 50.8 Å². The van der Waals surface area contributed by atoms with Gasteiger partial charge in [-0.05, 0) is 5.19 Å². The Balaban J connectivity index is -0.000000368. The fraction of sp³-hybridized carbons (Fsp3) is 0.182. The molecule has 0 atom stereocenters. The molecule has 1 nitrogen and oxygen atoms in total. The van der Waals surface area contributed by atoms with Crippen molar-refractivity contribution < 1.29 is 21.7 Å². The third-order valence-corrected chi connectivity index (χ3v) is 4.50. The first-order valence-corrected chi connectivity index (χ1v) is 9.25. The average Bonchev–Trinajstić information content (AvgIpc) is 3.35. The molecule has 3 rings (SSSR count). The smallest absolute Gasteiger partial charge is 0.316 e. The molecule has 0 saturated heterocycles. The van der Waals surface area contributed by atoms with Gasteiger partial charge in [0, 0.05) is 13.1 Å². The van der Waals surface area contributed by atoms with Crippen LogP contribution in [0.2, 0.25) is 0 Å². The van der Waals surface area contributed by atoms with Crippen molar-refractivity contribution in [1.29, 1.82) is 0 Å². The second kappa shape index (κ2) is 23.2. The largest absolute Gasteiger partial charge is 2.00 e. The topological polar surface area (TPSA) is 3.24 Å². The molecular formula is C22H28Cl2NSiTi. The van der Waals surface area contributed by atoms with Crippen LogP contribution in [0.3, 0.4) is 0 Å². The van der Waals surface area contributed by atoms with Gasteiger partial charge in [0.15, 0.2) is 9.68 Å². The molecule has 0 saturated carbocycles. The molecule has 1 aromatic carbocycles. The van der Waals surface area contributed by atoms with E-state index in [-0.39, 0.29) is 56.2 Å². The van der Waals surface area contributed by atoms with E-state index in [4.69, 9.17) is 0 Å². The summed E-state index contributed by atoms with van der Waals surface area (Å²) < 4.78 is 2.37. The monoisotopic (exact) mass is 452 g/mol. The summed E-state index contributed by atoms with van der Waals surface area (Å²) in [6.45, 7) is 9.40. The quantitative estimate of drug-likeness (QED) is 0.340. The van der Waals surface area contributed by atoms with E-state index in [1.54, 1.807) is 0 Å². The van der Waals surface area contributed by atoms with Gasteiger partial charge in [-0.25, -0.2) is 24.3 Å². The summed E-state index contributed by atoms with van der Waals surface area (Å²) in [7, 11) is 0.186. The Bertz CT molecular complexity index is 531. The van der Waals surface area contributed by atoms with Gasteiger partial charge in [0.05, 0.1) is 0 Å². The molecular weight excluding hydrogens is 425 g/mol. The number of nitrogens with zero attached hydrogens (tertiary/aromatic N) is 1. The number of hydrogen-bond acceptors (Lipinski definition) is 1. The standard InChI is InChI=1S/C12H16NSi.2C5H5.2ClH.Ti/c1-3-10-13(11-4-2)14-12-8-6-5-7-9-12;2*1-2-4-5-3-1;;;/h3-9,14H,1-2,10-11H2;2*1-3H,4H2;2*1H;/q;2*-1;;;+2. The molecule has 2 aliphatic rings. The first-order chi connectivity index (χ1) is 11.9. The van der Waals surface area contributed by atoms with Crippen molar-refractivity contribution >= 4 is 39.7 Å². The summed E-state index contributed by atoms with van der Waals surface area (Å²) in [6, 6.07) is 10.6. The predicted molar refractivity (Wildman–Crippen MR) is 123 cm³/mol. The summed E-state index contributed by atoms with van der Waals surface area (Å²) in [6.07, 6.45) is 23.9. The normalized spacial score (nSPS) is 11.7. The maximum absolute atomic E-state index is 3.76. The minimum Gasteiger partial charge on any atom is -0.316 e. The van der Waals surface area contributed by atoms with Gasteiger partial charge in [0.25, 0.3) is 0 Å². The Labute approximate surface area is 195 Å². The van der Waals surface area contributed by atoms with Crippen molar-refractivity contribution in [3.05, 3.63) is 104 Å². The number of halogens is 2. The maximum atomic E-state index is 3.76. The molecule has 0 aromatic heterocycles. The number of benzene rings is 1. The SMILES string of the molecule is C=CCN(CC=C)[SiH]c1ccccc1.Cl.Cl.[C-]1=CC=CC1.[C-]1=CC=CC1.[Ti+2]. The zero-order valence-electron chi connectivity index (χ0n) is 15.6. The van der Waals surface area contributed by atoms with E-state index in [1.165, 1.54) is 5.19 Å². The molecule has 0 amide bonds. The molecule has 0 heterocycles. The molecule has 0 spiro atoms. The minimum absolute atomic E-state index is 0.